The van der Waals surface area contributed by atoms with Crippen molar-refractivity contribution in [2.24, 2.45) is 0 Å². The Balaban J connectivity index is 1.85. The molecule has 1 fully saturated rings. The molecule has 3 rings (SSSR count). The molecule has 136 valence electrons. The fraction of sp³-hybridized carbons (Fsp3) is 0.400. The van der Waals surface area contributed by atoms with Crippen LogP contribution in [0.4, 0.5) is 10.5 Å². The van der Waals surface area contributed by atoms with Crippen molar-refractivity contribution in [1.82, 2.24) is 30.4 Å². The Labute approximate surface area is 148 Å². The second kappa shape index (κ2) is 6.50. The van der Waals surface area contributed by atoms with Gasteiger partial charge in [0.15, 0.2) is 5.82 Å². The van der Waals surface area contributed by atoms with Crippen LogP contribution < -0.4 is 5.32 Å². The number of carbonyl (C=O) groups is 2. The van der Waals surface area contributed by atoms with Gasteiger partial charge < -0.3 is 5.32 Å². The number of hydrogen-bond acceptors (Lipinski definition) is 7. The molecule has 0 radical (unpaired) electrons. The van der Waals surface area contributed by atoms with E-state index in [1.54, 1.807) is 11.6 Å². The van der Waals surface area contributed by atoms with Crippen LogP contribution in [0.3, 0.4) is 0 Å². The van der Waals surface area contributed by atoms with E-state index in [0.717, 1.165) is 11.3 Å². The van der Waals surface area contributed by atoms with Gasteiger partial charge in [0, 0.05) is 18.7 Å². The van der Waals surface area contributed by atoms with Crippen LogP contribution in [-0.4, -0.2) is 42.0 Å². The number of nitro groups is 1. The van der Waals surface area contributed by atoms with Crippen molar-refractivity contribution in [2.45, 2.75) is 38.9 Å². The molecule has 0 bridgehead atoms. The predicted molar refractivity (Wildman–Crippen MR) is 87.6 cm³/mol. The monoisotopic (exact) mass is 359 g/mol. The van der Waals surface area contributed by atoms with Gasteiger partial charge in [-0.1, -0.05) is 6.92 Å². The Morgan fingerprint density at radius 3 is 2.58 bits per heavy atom. The lowest BCUT2D eigenvalue weighted by molar-refractivity contribution is -0.384. The summed E-state index contributed by atoms with van der Waals surface area (Å²) in [5.74, 6) is -0.0642. The molecule has 1 atom stereocenters. The molecule has 0 spiro atoms. The topological polar surface area (TPSA) is 136 Å². The van der Waals surface area contributed by atoms with Gasteiger partial charge in [0.05, 0.1) is 11.5 Å². The molecule has 1 saturated heterocycles. The van der Waals surface area contributed by atoms with Gasteiger partial charge in [-0.15, -0.1) is 5.10 Å². The predicted octanol–water partition coefficient (Wildman–Crippen LogP) is 0.958. The number of urea groups is 1. The third-order valence-electron chi connectivity index (χ3n) is 4.27. The molecule has 1 N–H and O–H groups in total. The van der Waals surface area contributed by atoms with Gasteiger partial charge in [-0.05, 0) is 41.5 Å². The van der Waals surface area contributed by atoms with Gasteiger partial charge in [-0.3, -0.25) is 19.8 Å². The van der Waals surface area contributed by atoms with Crippen LogP contribution in [0.25, 0.3) is 0 Å². The van der Waals surface area contributed by atoms with Gasteiger partial charge in [-0.2, -0.15) is 0 Å². The number of aromatic nitrogens is 4. The number of rotatable bonds is 6. The molecule has 1 aliphatic heterocycles. The highest BCUT2D eigenvalue weighted by Crippen LogP contribution is 2.30. The standard InChI is InChI=1S/C15H17N7O4/c1-3-8-21-12(17-18-19-21)9-20-13(23)15(2,16-14(20)24)10-4-6-11(7-5-10)22(25)26/h4-7H,3,8-9H2,1-2H3,(H,16,24). The minimum absolute atomic E-state index is 0.0553. The Bertz CT molecular complexity index is 863. The average Bonchev–Trinajstić information content (AvgIpc) is 3.14. The molecule has 11 nitrogen and oxygen atoms in total. The number of nitrogens with zero attached hydrogens (tertiary/aromatic N) is 6. The Morgan fingerprint density at radius 2 is 1.96 bits per heavy atom. The number of non-ortho nitro benzene ring substituents is 1. The number of carbonyl (C=O) groups excluding carboxylic acids is 2. The summed E-state index contributed by atoms with van der Waals surface area (Å²) >= 11 is 0. The van der Waals surface area contributed by atoms with Crippen LogP contribution in [0.15, 0.2) is 24.3 Å². The summed E-state index contributed by atoms with van der Waals surface area (Å²) in [5, 5.41) is 24.7. The van der Waals surface area contributed by atoms with Crippen molar-refractivity contribution in [3.8, 4) is 0 Å². The van der Waals surface area contributed by atoms with Crippen LogP contribution in [0.1, 0.15) is 31.7 Å². The number of tetrazole rings is 1. The maximum Gasteiger partial charge on any atom is 0.325 e. The highest BCUT2D eigenvalue weighted by molar-refractivity contribution is 6.07. The minimum Gasteiger partial charge on any atom is -0.319 e. The Hall–Kier alpha value is -3.37. The lowest BCUT2D eigenvalue weighted by Crippen LogP contribution is -2.40. The van der Waals surface area contributed by atoms with Gasteiger partial charge in [0.1, 0.15) is 5.54 Å². The third-order valence-corrected chi connectivity index (χ3v) is 4.27. The quantitative estimate of drug-likeness (QED) is 0.461. The fourth-order valence-corrected chi connectivity index (χ4v) is 2.82. The first-order valence-corrected chi connectivity index (χ1v) is 8.01. The SMILES string of the molecule is CCCn1nnnc1CN1C(=O)NC(C)(c2ccc([N+](=O)[O-])cc2)C1=O. The van der Waals surface area contributed by atoms with E-state index in [2.05, 4.69) is 20.8 Å². The summed E-state index contributed by atoms with van der Waals surface area (Å²) in [4.78, 5) is 36.5. The molecular formula is C15H17N7O4. The zero-order valence-corrected chi connectivity index (χ0v) is 14.2. The minimum atomic E-state index is -1.31. The maximum absolute atomic E-state index is 12.9. The summed E-state index contributed by atoms with van der Waals surface area (Å²) in [7, 11) is 0. The first-order valence-electron chi connectivity index (χ1n) is 8.01. The Morgan fingerprint density at radius 1 is 1.27 bits per heavy atom. The molecule has 3 amide bonds. The molecule has 1 aromatic carbocycles. The molecule has 11 heteroatoms. The molecule has 26 heavy (non-hydrogen) atoms. The Kier molecular flexibility index (Phi) is 4.36. The fourth-order valence-electron chi connectivity index (χ4n) is 2.82. The van der Waals surface area contributed by atoms with Crippen molar-refractivity contribution in [1.29, 1.82) is 0 Å². The third kappa shape index (κ3) is 2.87. The van der Waals surface area contributed by atoms with Gasteiger partial charge in [-0.25, -0.2) is 9.48 Å². The number of aryl methyl sites for hydroxylation is 1. The zero-order chi connectivity index (χ0) is 18.9. The summed E-state index contributed by atoms with van der Waals surface area (Å²) in [5.41, 5.74) is -0.947. The number of hydrogen-bond donors (Lipinski definition) is 1. The van der Waals surface area contributed by atoms with Gasteiger partial charge >= 0.3 is 6.03 Å². The van der Waals surface area contributed by atoms with E-state index in [9.17, 15) is 19.7 Å². The highest BCUT2D eigenvalue weighted by atomic mass is 16.6. The molecule has 1 unspecified atom stereocenters. The molecule has 1 aromatic heterocycles. The lowest BCUT2D eigenvalue weighted by Gasteiger charge is -2.22. The van der Waals surface area contributed by atoms with E-state index in [1.807, 2.05) is 6.92 Å². The van der Waals surface area contributed by atoms with Crippen LogP contribution in [-0.2, 0) is 23.4 Å². The van der Waals surface area contributed by atoms with E-state index in [1.165, 1.54) is 24.3 Å². The van der Waals surface area contributed by atoms with Crippen molar-refractivity contribution in [3.05, 3.63) is 45.8 Å². The van der Waals surface area contributed by atoms with E-state index in [4.69, 9.17) is 0 Å². The highest BCUT2D eigenvalue weighted by Gasteiger charge is 2.49. The lowest BCUT2D eigenvalue weighted by atomic mass is 9.92. The second-order valence-corrected chi connectivity index (χ2v) is 6.07. The van der Waals surface area contributed by atoms with Crippen LogP contribution in [0.5, 0.6) is 0 Å². The van der Waals surface area contributed by atoms with Crippen molar-refractivity contribution in [2.75, 3.05) is 0 Å². The number of imide groups is 1. The average molecular weight is 359 g/mol. The summed E-state index contributed by atoms with van der Waals surface area (Å²) in [6, 6.07) is 4.94. The largest absolute Gasteiger partial charge is 0.325 e. The summed E-state index contributed by atoms with van der Waals surface area (Å²) in [6.07, 6.45) is 0.804. The van der Waals surface area contributed by atoms with E-state index in [0.29, 0.717) is 17.9 Å². The number of nitro benzene ring substituents is 1. The second-order valence-electron chi connectivity index (χ2n) is 6.07. The van der Waals surface area contributed by atoms with Crippen molar-refractivity contribution < 1.29 is 14.5 Å². The smallest absolute Gasteiger partial charge is 0.319 e. The number of benzene rings is 1. The molecular weight excluding hydrogens is 342 g/mol. The molecule has 1 aliphatic rings. The van der Waals surface area contributed by atoms with E-state index < -0.39 is 22.4 Å². The molecule has 2 aromatic rings. The number of nitrogens with one attached hydrogen (secondary N) is 1. The molecule has 0 aliphatic carbocycles. The zero-order valence-electron chi connectivity index (χ0n) is 14.2. The first kappa shape index (κ1) is 17.5. The van der Waals surface area contributed by atoms with Crippen LogP contribution in [0.2, 0.25) is 0 Å². The van der Waals surface area contributed by atoms with E-state index >= 15 is 0 Å². The molecule has 0 saturated carbocycles. The van der Waals surface area contributed by atoms with E-state index in [-0.39, 0.29) is 12.2 Å². The van der Waals surface area contributed by atoms with Crippen LogP contribution >= 0.6 is 0 Å². The van der Waals surface area contributed by atoms with Crippen LogP contribution in [0, 0.1) is 10.1 Å². The normalized spacial score (nSPS) is 19.7. The summed E-state index contributed by atoms with van der Waals surface area (Å²) < 4.78 is 1.54. The van der Waals surface area contributed by atoms with Crippen molar-refractivity contribution >= 4 is 17.6 Å². The van der Waals surface area contributed by atoms with Gasteiger partial charge in [0.25, 0.3) is 11.6 Å². The number of amides is 3. The maximum atomic E-state index is 12.9. The van der Waals surface area contributed by atoms with Crippen molar-refractivity contribution in [3.63, 3.8) is 0 Å². The summed E-state index contributed by atoms with van der Waals surface area (Å²) in [6.45, 7) is 4.04. The molecule has 2 heterocycles. The first-order chi connectivity index (χ1) is 12.4. The van der Waals surface area contributed by atoms with Gasteiger partial charge in [0.2, 0.25) is 0 Å².